The molecule has 0 aliphatic heterocycles. The van der Waals surface area contributed by atoms with E-state index in [0.29, 0.717) is 25.3 Å². The zero-order valence-corrected chi connectivity index (χ0v) is 20.8. The molecule has 0 aromatic rings. The molecule has 0 heterocycles. The monoisotopic (exact) mass is 454 g/mol. The van der Waals surface area contributed by atoms with E-state index in [9.17, 15) is 14.4 Å². The molecule has 6 heteroatoms. The van der Waals surface area contributed by atoms with Crippen molar-refractivity contribution < 1.29 is 14.4 Å². The van der Waals surface area contributed by atoms with Crippen molar-refractivity contribution in [3.05, 3.63) is 12.2 Å². The summed E-state index contributed by atoms with van der Waals surface area (Å²) < 4.78 is 0. The van der Waals surface area contributed by atoms with Crippen molar-refractivity contribution in [3.63, 3.8) is 0 Å². The summed E-state index contributed by atoms with van der Waals surface area (Å²) in [6, 6.07) is 0. The van der Waals surface area contributed by atoms with Crippen LogP contribution in [-0.2, 0) is 14.4 Å². The fraction of sp³-hybridized carbons (Fsp3) is 0.800. The van der Waals surface area contributed by atoms with Crippen molar-refractivity contribution in [2.24, 2.45) is 0 Å². The van der Waals surface area contributed by atoms with Crippen LogP contribution >= 0.6 is 11.8 Å². The van der Waals surface area contributed by atoms with E-state index in [1.807, 2.05) is 0 Å². The standard InChI is InChI=1S/C25H46N2O3S/c1-3-4-5-6-7-8-9-10-11-12-13-14-15-16-17-18-25(30)31-22-21-27-24(29)19-20-26-23(2)28/h10-11H,3-9,12-22H2,1-2H3,(H,26,28)(H,27,29)/b11-10-. The minimum absolute atomic E-state index is 0.0981. The van der Waals surface area contributed by atoms with Crippen LogP contribution < -0.4 is 10.6 Å². The average molecular weight is 455 g/mol. The Balaban J connectivity index is 3.33. The van der Waals surface area contributed by atoms with Gasteiger partial charge in [0, 0.05) is 38.6 Å². The number of unbranched alkanes of at least 4 members (excludes halogenated alkanes) is 11. The third-order valence-electron chi connectivity index (χ3n) is 5.06. The first-order valence-corrected chi connectivity index (χ1v) is 13.4. The van der Waals surface area contributed by atoms with Gasteiger partial charge in [0.1, 0.15) is 0 Å². The topological polar surface area (TPSA) is 75.3 Å². The summed E-state index contributed by atoms with van der Waals surface area (Å²) >= 11 is 1.30. The largest absolute Gasteiger partial charge is 0.356 e. The van der Waals surface area contributed by atoms with E-state index < -0.39 is 0 Å². The molecule has 2 amide bonds. The quantitative estimate of drug-likeness (QED) is 0.167. The lowest BCUT2D eigenvalue weighted by Crippen LogP contribution is -2.30. The number of amides is 2. The number of allylic oxidation sites excluding steroid dienone is 2. The molecule has 0 saturated carbocycles. The molecule has 0 fully saturated rings. The van der Waals surface area contributed by atoms with Crippen LogP contribution in [0.1, 0.15) is 110 Å². The van der Waals surface area contributed by atoms with Gasteiger partial charge >= 0.3 is 0 Å². The summed E-state index contributed by atoms with van der Waals surface area (Å²) in [5.41, 5.74) is 0. The van der Waals surface area contributed by atoms with Crippen LogP contribution in [0.5, 0.6) is 0 Å². The van der Waals surface area contributed by atoms with E-state index >= 15 is 0 Å². The maximum absolute atomic E-state index is 11.9. The van der Waals surface area contributed by atoms with Crippen LogP contribution in [-0.4, -0.2) is 35.8 Å². The van der Waals surface area contributed by atoms with Gasteiger partial charge in [0.2, 0.25) is 11.8 Å². The van der Waals surface area contributed by atoms with Crippen LogP contribution in [0.15, 0.2) is 12.2 Å². The maximum atomic E-state index is 11.9. The predicted octanol–water partition coefficient (Wildman–Crippen LogP) is 5.93. The lowest BCUT2D eigenvalue weighted by atomic mass is 10.1. The Morgan fingerprint density at radius 3 is 1.90 bits per heavy atom. The molecule has 180 valence electrons. The van der Waals surface area contributed by atoms with Gasteiger partial charge in [-0.2, -0.15) is 0 Å². The van der Waals surface area contributed by atoms with E-state index in [4.69, 9.17) is 0 Å². The van der Waals surface area contributed by atoms with Gasteiger partial charge < -0.3 is 10.6 Å². The first-order valence-electron chi connectivity index (χ1n) is 12.4. The Kier molecular flexibility index (Phi) is 22.4. The third-order valence-corrected chi connectivity index (χ3v) is 5.99. The second-order valence-electron chi connectivity index (χ2n) is 8.14. The molecule has 0 radical (unpaired) electrons. The molecule has 0 atom stereocenters. The molecule has 0 spiro atoms. The molecule has 0 saturated heterocycles. The lowest BCUT2D eigenvalue weighted by molar-refractivity contribution is -0.121. The van der Waals surface area contributed by atoms with E-state index in [2.05, 4.69) is 29.7 Å². The van der Waals surface area contributed by atoms with E-state index in [0.717, 1.165) is 12.8 Å². The highest BCUT2D eigenvalue weighted by Gasteiger charge is 2.04. The van der Waals surface area contributed by atoms with Gasteiger partial charge in [0.25, 0.3) is 0 Å². The van der Waals surface area contributed by atoms with E-state index in [1.54, 1.807) is 0 Å². The molecule has 0 aromatic carbocycles. The molecule has 0 aliphatic carbocycles. The Morgan fingerprint density at radius 1 is 0.710 bits per heavy atom. The molecule has 0 bridgehead atoms. The fourth-order valence-electron chi connectivity index (χ4n) is 3.21. The fourth-order valence-corrected chi connectivity index (χ4v) is 3.93. The zero-order valence-electron chi connectivity index (χ0n) is 20.0. The van der Waals surface area contributed by atoms with Gasteiger partial charge in [-0.1, -0.05) is 82.2 Å². The molecule has 0 unspecified atom stereocenters. The van der Waals surface area contributed by atoms with Crippen molar-refractivity contribution in [3.8, 4) is 0 Å². The molecule has 0 rings (SSSR count). The molecular formula is C25H46N2O3S. The minimum Gasteiger partial charge on any atom is -0.356 e. The van der Waals surface area contributed by atoms with Crippen molar-refractivity contribution >= 4 is 28.7 Å². The first-order chi connectivity index (χ1) is 15.1. The summed E-state index contributed by atoms with van der Waals surface area (Å²) in [6.07, 6.45) is 21.9. The van der Waals surface area contributed by atoms with Gasteiger partial charge in [-0.25, -0.2) is 0 Å². The van der Waals surface area contributed by atoms with Crippen molar-refractivity contribution in [1.82, 2.24) is 10.6 Å². The molecular weight excluding hydrogens is 408 g/mol. The SMILES string of the molecule is CCCCCCCC/C=C\CCCCCCCC(=O)SCCNC(=O)CCNC(C)=O. The van der Waals surface area contributed by atoms with Gasteiger partial charge in [-0.15, -0.1) is 0 Å². The smallest absolute Gasteiger partial charge is 0.221 e. The normalized spacial score (nSPS) is 11.0. The second kappa shape index (κ2) is 23.4. The molecule has 0 aliphatic rings. The summed E-state index contributed by atoms with van der Waals surface area (Å²) in [5, 5.41) is 5.56. The number of rotatable bonds is 21. The number of carbonyl (C=O) groups is 3. The highest BCUT2D eigenvalue weighted by atomic mass is 32.2. The minimum atomic E-state index is -0.135. The Morgan fingerprint density at radius 2 is 1.29 bits per heavy atom. The average Bonchev–Trinajstić information content (AvgIpc) is 2.73. The van der Waals surface area contributed by atoms with Gasteiger partial charge in [-0.3, -0.25) is 14.4 Å². The number of thioether (sulfide) groups is 1. The van der Waals surface area contributed by atoms with Crippen LogP contribution in [0.25, 0.3) is 0 Å². The van der Waals surface area contributed by atoms with Crippen LogP contribution in [0, 0.1) is 0 Å². The zero-order chi connectivity index (χ0) is 23.0. The van der Waals surface area contributed by atoms with Gasteiger partial charge in [0.15, 0.2) is 5.12 Å². The number of hydrogen-bond acceptors (Lipinski definition) is 4. The predicted molar refractivity (Wildman–Crippen MR) is 133 cm³/mol. The van der Waals surface area contributed by atoms with Crippen molar-refractivity contribution in [2.45, 2.75) is 110 Å². The van der Waals surface area contributed by atoms with E-state index in [-0.39, 0.29) is 23.4 Å². The summed E-state index contributed by atoms with van der Waals surface area (Å²) in [5.74, 6) is 0.374. The third kappa shape index (κ3) is 24.8. The number of nitrogens with one attached hydrogen (secondary N) is 2. The second-order valence-corrected chi connectivity index (χ2v) is 9.29. The maximum Gasteiger partial charge on any atom is 0.221 e. The summed E-state index contributed by atoms with van der Waals surface area (Å²) in [7, 11) is 0. The van der Waals surface area contributed by atoms with E-state index in [1.165, 1.54) is 89.3 Å². The Hall–Kier alpha value is -1.30. The molecule has 5 nitrogen and oxygen atoms in total. The van der Waals surface area contributed by atoms with Crippen LogP contribution in [0.4, 0.5) is 0 Å². The summed E-state index contributed by atoms with van der Waals surface area (Å²) in [6.45, 7) is 4.52. The highest BCUT2D eigenvalue weighted by molar-refractivity contribution is 8.13. The molecule has 2 N–H and O–H groups in total. The first kappa shape index (κ1) is 29.7. The van der Waals surface area contributed by atoms with Gasteiger partial charge in [0.05, 0.1) is 0 Å². The Labute approximate surface area is 195 Å². The number of carbonyl (C=O) groups excluding carboxylic acids is 3. The van der Waals surface area contributed by atoms with Crippen molar-refractivity contribution in [1.29, 1.82) is 0 Å². The highest BCUT2D eigenvalue weighted by Crippen LogP contribution is 2.12. The van der Waals surface area contributed by atoms with Crippen molar-refractivity contribution in [2.75, 3.05) is 18.8 Å². The Bertz CT molecular complexity index is 495. The molecule has 0 aromatic heterocycles. The van der Waals surface area contributed by atoms with Crippen LogP contribution in [0.3, 0.4) is 0 Å². The van der Waals surface area contributed by atoms with Gasteiger partial charge in [-0.05, 0) is 32.1 Å². The number of hydrogen-bond donors (Lipinski definition) is 2. The lowest BCUT2D eigenvalue weighted by Gasteiger charge is -2.05. The van der Waals surface area contributed by atoms with Crippen LogP contribution in [0.2, 0.25) is 0 Å². The molecule has 31 heavy (non-hydrogen) atoms. The summed E-state index contributed by atoms with van der Waals surface area (Å²) in [4.78, 5) is 34.1.